The fraction of sp³-hybridized carbons (Fsp3) is 0.560. The predicted octanol–water partition coefficient (Wildman–Crippen LogP) is 6.19. The number of hydrogen-bond donors (Lipinski definition) is 2. The second-order valence-corrected chi connectivity index (χ2v) is 11.0. The molecule has 0 aliphatic carbocycles. The molecule has 1 heterocycles. The van der Waals surface area contributed by atoms with E-state index in [2.05, 4.69) is 30.7 Å². The molecule has 0 spiro atoms. The first-order valence-corrected chi connectivity index (χ1v) is 12.9. The van der Waals surface area contributed by atoms with E-state index in [0.717, 1.165) is 24.2 Å². The van der Waals surface area contributed by atoms with Crippen LogP contribution in [-0.4, -0.2) is 54.6 Å². The Morgan fingerprint density at radius 2 is 1.42 bits per heavy atom. The maximum Gasteiger partial charge on any atom is 0.407 e. The van der Waals surface area contributed by atoms with Crippen molar-refractivity contribution in [3.8, 4) is 0 Å². The number of carbonyl (C=O) groups is 2. The lowest BCUT2D eigenvalue weighted by molar-refractivity contribution is 0.0516. The van der Waals surface area contributed by atoms with Gasteiger partial charge in [-0.25, -0.2) is 14.6 Å². The van der Waals surface area contributed by atoms with Crippen molar-refractivity contribution in [3.63, 3.8) is 0 Å². The van der Waals surface area contributed by atoms with Gasteiger partial charge in [0.1, 0.15) is 11.2 Å². The second-order valence-electron chi connectivity index (χ2n) is 10.1. The largest absolute Gasteiger partial charge is 0.444 e. The first-order chi connectivity index (χ1) is 16.9. The number of nitrogens with zero attached hydrogens (tertiary/aromatic N) is 4. The highest BCUT2D eigenvalue weighted by Gasteiger charge is 2.17. The maximum absolute atomic E-state index is 11.9. The summed E-state index contributed by atoms with van der Waals surface area (Å²) in [7, 11) is 0. The van der Waals surface area contributed by atoms with Gasteiger partial charge in [0.2, 0.25) is 5.13 Å². The minimum Gasteiger partial charge on any atom is -0.444 e. The zero-order valence-electron chi connectivity index (χ0n) is 22.0. The third kappa shape index (κ3) is 12.5. The van der Waals surface area contributed by atoms with Gasteiger partial charge in [0, 0.05) is 43.4 Å². The number of aromatic nitrogens is 1. The minimum atomic E-state index is -0.532. The summed E-state index contributed by atoms with van der Waals surface area (Å²) in [5, 5.41) is 16.4. The fourth-order valence-electron chi connectivity index (χ4n) is 3.02. The molecular weight excluding hydrogens is 480 g/mol. The molecule has 36 heavy (non-hydrogen) atoms. The number of ether oxygens (including phenoxy) is 2. The van der Waals surface area contributed by atoms with Gasteiger partial charge in [-0.2, -0.15) is 0 Å². The molecule has 0 saturated carbocycles. The summed E-state index contributed by atoms with van der Waals surface area (Å²) >= 11 is 1.42. The molecule has 1 aromatic heterocycles. The molecule has 2 amide bonds. The number of amides is 2. The molecule has 2 aromatic rings. The van der Waals surface area contributed by atoms with Gasteiger partial charge in [-0.3, -0.25) is 0 Å². The van der Waals surface area contributed by atoms with E-state index in [9.17, 15) is 9.59 Å². The van der Waals surface area contributed by atoms with Crippen LogP contribution in [0.25, 0.3) is 0 Å². The van der Waals surface area contributed by atoms with Gasteiger partial charge in [0.25, 0.3) is 0 Å². The number of benzene rings is 1. The molecular formula is C25H38N6O4S. The SMILES string of the molecule is CC(C)(C)OC(=O)NCCCN(CCCNC(=O)OC(C)(C)C)c1ccc(/N=N/c2nccs2)cc1. The van der Waals surface area contributed by atoms with Gasteiger partial charge < -0.3 is 25.0 Å². The van der Waals surface area contributed by atoms with Crippen molar-refractivity contribution in [3.05, 3.63) is 35.8 Å². The van der Waals surface area contributed by atoms with Crippen molar-refractivity contribution in [2.45, 2.75) is 65.6 Å². The summed E-state index contributed by atoms with van der Waals surface area (Å²) in [6, 6.07) is 7.77. The summed E-state index contributed by atoms with van der Waals surface area (Å²) < 4.78 is 10.6. The predicted molar refractivity (Wildman–Crippen MR) is 143 cm³/mol. The lowest BCUT2D eigenvalue weighted by Crippen LogP contribution is -2.36. The van der Waals surface area contributed by atoms with Gasteiger partial charge in [0.15, 0.2) is 0 Å². The van der Waals surface area contributed by atoms with Crippen LogP contribution in [-0.2, 0) is 9.47 Å². The van der Waals surface area contributed by atoms with Gasteiger partial charge in [-0.15, -0.1) is 21.6 Å². The van der Waals surface area contributed by atoms with Gasteiger partial charge in [0.05, 0.1) is 5.69 Å². The number of anilines is 1. The molecule has 1 aromatic carbocycles. The standard InChI is InChI=1S/C25H38N6O4S/c1-24(2,3)34-22(32)27-13-7-16-31(17-8-14-28-23(33)35-25(4,5)6)20-11-9-19(10-12-20)29-30-21-26-15-18-36-21/h9-12,15,18H,7-8,13-14,16-17H2,1-6H3,(H,27,32)(H,28,33)/b30-29+. The lowest BCUT2D eigenvalue weighted by Gasteiger charge is -2.26. The normalized spacial score (nSPS) is 11.8. The number of hydrogen-bond acceptors (Lipinski definition) is 9. The summed E-state index contributed by atoms with van der Waals surface area (Å²) in [6.45, 7) is 13.4. The average molecular weight is 519 g/mol. The number of rotatable bonds is 11. The van der Waals surface area contributed by atoms with Crippen molar-refractivity contribution >= 4 is 40.0 Å². The van der Waals surface area contributed by atoms with E-state index in [4.69, 9.17) is 9.47 Å². The smallest absolute Gasteiger partial charge is 0.407 e. The zero-order chi connectivity index (χ0) is 26.6. The number of thiazole rings is 1. The Morgan fingerprint density at radius 1 is 0.889 bits per heavy atom. The van der Waals surface area contributed by atoms with Crippen molar-refractivity contribution in [1.82, 2.24) is 15.6 Å². The minimum absolute atomic E-state index is 0.425. The molecule has 2 rings (SSSR count). The number of azo groups is 1. The third-order valence-corrected chi connectivity index (χ3v) is 5.09. The van der Waals surface area contributed by atoms with Crippen LogP contribution in [0.3, 0.4) is 0 Å². The summed E-state index contributed by atoms with van der Waals surface area (Å²) in [5.41, 5.74) is 0.677. The van der Waals surface area contributed by atoms with Crippen LogP contribution >= 0.6 is 11.3 Å². The molecule has 10 nitrogen and oxygen atoms in total. The Labute approximate surface area is 217 Å². The molecule has 0 radical (unpaired) electrons. The van der Waals surface area contributed by atoms with E-state index in [0.29, 0.717) is 31.3 Å². The molecule has 0 bridgehead atoms. The molecule has 0 saturated heterocycles. The van der Waals surface area contributed by atoms with E-state index in [1.807, 2.05) is 71.2 Å². The topological polar surface area (TPSA) is 118 Å². The van der Waals surface area contributed by atoms with E-state index in [-0.39, 0.29) is 0 Å². The van der Waals surface area contributed by atoms with E-state index < -0.39 is 23.4 Å². The molecule has 0 fully saturated rings. The monoisotopic (exact) mass is 518 g/mol. The average Bonchev–Trinajstić information content (AvgIpc) is 3.28. The first kappa shape index (κ1) is 29.0. The van der Waals surface area contributed by atoms with Crippen LogP contribution < -0.4 is 15.5 Å². The van der Waals surface area contributed by atoms with Crippen LogP contribution in [0.15, 0.2) is 46.1 Å². The van der Waals surface area contributed by atoms with Crippen LogP contribution in [0.5, 0.6) is 0 Å². The number of carbonyl (C=O) groups excluding carboxylic acids is 2. The number of alkyl carbamates (subject to hydrolysis) is 2. The van der Waals surface area contributed by atoms with E-state index in [1.54, 1.807) is 6.20 Å². The molecule has 2 N–H and O–H groups in total. The molecule has 0 aliphatic heterocycles. The molecule has 0 aliphatic rings. The first-order valence-electron chi connectivity index (χ1n) is 12.0. The van der Waals surface area contributed by atoms with Gasteiger partial charge >= 0.3 is 12.2 Å². The van der Waals surface area contributed by atoms with E-state index in [1.165, 1.54) is 11.3 Å². The van der Waals surface area contributed by atoms with Gasteiger partial charge in [-0.1, -0.05) is 0 Å². The Kier molecular flexibility index (Phi) is 11.1. The Bertz CT molecular complexity index is 930. The van der Waals surface area contributed by atoms with Crippen molar-refractivity contribution in [2.75, 3.05) is 31.1 Å². The second kappa shape index (κ2) is 13.8. The molecule has 0 atom stereocenters. The summed E-state index contributed by atoms with van der Waals surface area (Å²) in [4.78, 5) is 30.1. The lowest BCUT2D eigenvalue weighted by atomic mass is 10.2. The maximum atomic E-state index is 11.9. The molecule has 198 valence electrons. The van der Waals surface area contributed by atoms with Gasteiger partial charge in [-0.05, 0) is 78.6 Å². The van der Waals surface area contributed by atoms with E-state index >= 15 is 0 Å². The van der Waals surface area contributed by atoms with Crippen LogP contribution in [0.2, 0.25) is 0 Å². The van der Waals surface area contributed by atoms with Crippen LogP contribution in [0, 0.1) is 0 Å². The van der Waals surface area contributed by atoms with Crippen molar-refractivity contribution < 1.29 is 19.1 Å². The highest BCUT2D eigenvalue weighted by atomic mass is 32.1. The van der Waals surface area contributed by atoms with Crippen molar-refractivity contribution in [1.29, 1.82) is 0 Å². The van der Waals surface area contributed by atoms with Crippen LogP contribution in [0.4, 0.5) is 26.1 Å². The third-order valence-electron chi connectivity index (χ3n) is 4.43. The quantitative estimate of drug-likeness (QED) is 0.270. The fourth-order valence-corrected chi connectivity index (χ4v) is 3.47. The zero-order valence-corrected chi connectivity index (χ0v) is 22.9. The molecule has 0 unspecified atom stereocenters. The van der Waals surface area contributed by atoms with Crippen molar-refractivity contribution in [2.24, 2.45) is 10.2 Å². The highest BCUT2D eigenvalue weighted by Crippen LogP contribution is 2.23. The number of nitrogens with one attached hydrogen (secondary N) is 2. The summed E-state index contributed by atoms with van der Waals surface area (Å²) in [5.74, 6) is 0. The molecule has 11 heteroatoms. The summed E-state index contributed by atoms with van der Waals surface area (Å²) in [6.07, 6.45) is 2.29. The Hall–Kier alpha value is -3.21. The Balaban J connectivity index is 1.92. The Morgan fingerprint density at radius 3 is 1.86 bits per heavy atom. The highest BCUT2D eigenvalue weighted by molar-refractivity contribution is 7.13. The van der Waals surface area contributed by atoms with Crippen LogP contribution in [0.1, 0.15) is 54.4 Å².